The normalized spacial score (nSPS) is 10.2. The van der Waals surface area contributed by atoms with Crippen LogP contribution in [-0.4, -0.2) is 30.4 Å². The van der Waals surface area contributed by atoms with E-state index >= 15 is 0 Å². The quantitative estimate of drug-likeness (QED) is 0.802. The number of rotatable bonds is 7. The second kappa shape index (κ2) is 7.75. The fraction of sp³-hybridized carbons (Fsp3) is 0.533. The Balaban J connectivity index is 2.68. The Labute approximate surface area is 110 Å². The molecule has 0 fully saturated rings. The minimum atomic E-state index is 0.126. The van der Waals surface area contributed by atoms with Crippen LogP contribution in [0.4, 0.5) is 5.69 Å². The highest BCUT2D eigenvalue weighted by molar-refractivity contribution is 5.94. The highest BCUT2D eigenvalue weighted by atomic mass is 16.2. The molecule has 0 aliphatic carbocycles. The van der Waals surface area contributed by atoms with E-state index in [1.807, 2.05) is 36.1 Å². The van der Waals surface area contributed by atoms with Crippen molar-refractivity contribution in [2.45, 2.75) is 33.6 Å². The lowest BCUT2D eigenvalue weighted by Crippen LogP contribution is -2.31. The molecule has 0 saturated carbocycles. The van der Waals surface area contributed by atoms with E-state index in [0.29, 0.717) is 0 Å². The van der Waals surface area contributed by atoms with E-state index in [1.165, 1.54) is 0 Å². The predicted octanol–water partition coefficient (Wildman–Crippen LogP) is 3.38. The molecular weight excluding hydrogens is 224 g/mol. The molecule has 1 aromatic carbocycles. The zero-order valence-electron chi connectivity index (χ0n) is 11.7. The van der Waals surface area contributed by atoms with Gasteiger partial charge in [-0.05, 0) is 44.0 Å². The lowest BCUT2D eigenvalue weighted by atomic mass is 10.1. The van der Waals surface area contributed by atoms with Gasteiger partial charge in [-0.3, -0.25) is 4.79 Å². The van der Waals surface area contributed by atoms with Crippen LogP contribution in [0.2, 0.25) is 0 Å². The summed E-state index contributed by atoms with van der Waals surface area (Å²) < 4.78 is 0. The highest BCUT2D eigenvalue weighted by Gasteiger charge is 2.12. The van der Waals surface area contributed by atoms with E-state index in [0.717, 1.165) is 43.7 Å². The summed E-state index contributed by atoms with van der Waals surface area (Å²) in [5.41, 5.74) is 1.85. The molecule has 18 heavy (non-hydrogen) atoms. The second-order valence-corrected chi connectivity index (χ2v) is 4.39. The molecule has 3 heteroatoms. The van der Waals surface area contributed by atoms with Gasteiger partial charge in [0.15, 0.2) is 0 Å². The molecule has 0 aliphatic heterocycles. The minimum absolute atomic E-state index is 0.126. The monoisotopic (exact) mass is 248 g/mol. The molecule has 0 bridgehead atoms. The standard InChI is InChI=1S/C15H24N2O/c1-4-11-16-14-9-7-13(8-10-14)15(18)17(6-3)12-5-2/h7-10,16H,4-6,11-12H2,1-3H3. The number of amides is 1. The van der Waals surface area contributed by atoms with E-state index in [9.17, 15) is 4.79 Å². The summed E-state index contributed by atoms with van der Waals surface area (Å²) in [5.74, 6) is 0.126. The first kappa shape index (κ1) is 14.6. The number of carbonyl (C=O) groups is 1. The third kappa shape index (κ3) is 4.06. The number of carbonyl (C=O) groups excluding carboxylic acids is 1. The molecule has 0 aliphatic rings. The first-order chi connectivity index (χ1) is 8.72. The first-order valence-corrected chi connectivity index (χ1v) is 6.86. The second-order valence-electron chi connectivity index (χ2n) is 4.39. The highest BCUT2D eigenvalue weighted by Crippen LogP contribution is 2.12. The third-order valence-corrected chi connectivity index (χ3v) is 2.87. The molecule has 100 valence electrons. The molecular formula is C15H24N2O. The Bertz CT molecular complexity index is 359. The molecule has 1 N–H and O–H groups in total. The summed E-state index contributed by atoms with van der Waals surface area (Å²) in [7, 11) is 0. The summed E-state index contributed by atoms with van der Waals surface area (Å²) in [6.45, 7) is 8.80. The summed E-state index contributed by atoms with van der Waals surface area (Å²) in [4.78, 5) is 14.1. The SMILES string of the molecule is CCCNc1ccc(C(=O)N(CC)CCC)cc1. The average molecular weight is 248 g/mol. The van der Waals surface area contributed by atoms with Crippen LogP contribution in [-0.2, 0) is 0 Å². The van der Waals surface area contributed by atoms with E-state index in [2.05, 4.69) is 19.2 Å². The molecule has 0 spiro atoms. The van der Waals surface area contributed by atoms with Crippen LogP contribution in [0.5, 0.6) is 0 Å². The smallest absolute Gasteiger partial charge is 0.253 e. The van der Waals surface area contributed by atoms with E-state index in [1.54, 1.807) is 0 Å². The minimum Gasteiger partial charge on any atom is -0.385 e. The van der Waals surface area contributed by atoms with Gasteiger partial charge in [-0.15, -0.1) is 0 Å². The zero-order valence-corrected chi connectivity index (χ0v) is 11.7. The van der Waals surface area contributed by atoms with Gasteiger partial charge in [-0.25, -0.2) is 0 Å². The maximum absolute atomic E-state index is 12.2. The fourth-order valence-electron chi connectivity index (χ4n) is 1.86. The van der Waals surface area contributed by atoms with Crippen LogP contribution in [0.15, 0.2) is 24.3 Å². The Morgan fingerprint density at radius 1 is 1.11 bits per heavy atom. The van der Waals surface area contributed by atoms with Crippen molar-refractivity contribution < 1.29 is 4.79 Å². The van der Waals surface area contributed by atoms with Crippen molar-refractivity contribution in [2.75, 3.05) is 25.0 Å². The van der Waals surface area contributed by atoms with Crippen molar-refractivity contribution in [3.05, 3.63) is 29.8 Å². The number of anilines is 1. The van der Waals surface area contributed by atoms with Crippen LogP contribution in [0, 0.1) is 0 Å². The van der Waals surface area contributed by atoms with Gasteiger partial charge in [0.25, 0.3) is 5.91 Å². The number of hydrogen-bond donors (Lipinski definition) is 1. The van der Waals surface area contributed by atoms with Crippen molar-refractivity contribution in [1.29, 1.82) is 0 Å². The van der Waals surface area contributed by atoms with Crippen molar-refractivity contribution in [3.63, 3.8) is 0 Å². The number of nitrogens with one attached hydrogen (secondary N) is 1. The number of hydrogen-bond acceptors (Lipinski definition) is 2. The Morgan fingerprint density at radius 3 is 2.28 bits per heavy atom. The van der Waals surface area contributed by atoms with Gasteiger partial charge >= 0.3 is 0 Å². The molecule has 1 rings (SSSR count). The van der Waals surface area contributed by atoms with Crippen molar-refractivity contribution in [3.8, 4) is 0 Å². The van der Waals surface area contributed by atoms with Gasteiger partial charge < -0.3 is 10.2 Å². The van der Waals surface area contributed by atoms with Gasteiger partial charge in [0.2, 0.25) is 0 Å². The maximum atomic E-state index is 12.2. The fourth-order valence-corrected chi connectivity index (χ4v) is 1.86. The van der Waals surface area contributed by atoms with Gasteiger partial charge in [-0.1, -0.05) is 13.8 Å². The van der Waals surface area contributed by atoms with Crippen LogP contribution >= 0.6 is 0 Å². The lowest BCUT2D eigenvalue weighted by molar-refractivity contribution is 0.0764. The summed E-state index contributed by atoms with van der Waals surface area (Å²) in [5, 5.41) is 3.30. The molecule has 0 unspecified atom stereocenters. The van der Waals surface area contributed by atoms with Crippen LogP contribution in [0.25, 0.3) is 0 Å². The summed E-state index contributed by atoms with van der Waals surface area (Å²) in [6.07, 6.45) is 2.09. The van der Waals surface area contributed by atoms with E-state index < -0.39 is 0 Å². The van der Waals surface area contributed by atoms with Gasteiger partial charge in [-0.2, -0.15) is 0 Å². The largest absolute Gasteiger partial charge is 0.385 e. The molecule has 1 aromatic rings. The summed E-state index contributed by atoms with van der Waals surface area (Å²) in [6, 6.07) is 7.75. The number of benzene rings is 1. The Hall–Kier alpha value is -1.51. The van der Waals surface area contributed by atoms with Gasteiger partial charge in [0, 0.05) is 30.9 Å². The van der Waals surface area contributed by atoms with Crippen molar-refractivity contribution >= 4 is 11.6 Å². The lowest BCUT2D eigenvalue weighted by Gasteiger charge is -2.20. The molecule has 0 heterocycles. The Morgan fingerprint density at radius 2 is 1.78 bits per heavy atom. The third-order valence-electron chi connectivity index (χ3n) is 2.87. The van der Waals surface area contributed by atoms with E-state index in [-0.39, 0.29) is 5.91 Å². The molecule has 1 amide bonds. The van der Waals surface area contributed by atoms with Crippen LogP contribution in [0.3, 0.4) is 0 Å². The van der Waals surface area contributed by atoms with E-state index in [4.69, 9.17) is 0 Å². The van der Waals surface area contributed by atoms with Crippen molar-refractivity contribution in [1.82, 2.24) is 4.90 Å². The van der Waals surface area contributed by atoms with Crippen molar-refractivity contribution in [2.24, 2.45) is 0 Å². The van der Waals surface area contributed by atoms with Crippen LogP contribution < -0.4 is 5.32 Å². The first-order valence-electron chi connectivity index (χ1n) is 6.86. The zero-order chi connectivity index (χ0) is 13.4. The van der Waals surface area contributed by atoms with Crippen LogP contribution in [0.1, 0.15) is 44.0 Å². The number of nitrogens with zero attached hydrogens (tertiary/aromatic N) is 1. The topological polar surface area (TPSA) is 32.3 Å². The van der Waals surface area contributed by atoms with Gasteiger partial charge in [0.05, 0.1) is 0 Å². The summed E-state index contributed by atoms with van der Waals surface area (Å²) >= 11 is 0. The van der Waals surface area contributed by atoms with Gasteiger partial charge in [0.1, 0.15) is 0 Å². The predicted molar refractivity (Wildman–Crippen MR) is 77.1 cm³/mol. The molecule has 3 nitrogen and oxygen atoms in total. The average Bonchev–Trinajstić information content (AvgIpc) is 2.42. The molecule has 0 aromatic heterocycles. The maximum Gasteiger partial charge on any atom is 0.253 e. The molecule has 0 atom stereocenters. The molecule has 0 saturated heterocycles. The molecule has 0 radical (unpaired) electrons. The Kier molecular flexibility index (Phi) is 6.26.